The van der Waals surface area contributed by atoms with Crippen molar-refractivity contribution in [3.8, 4) is 11.5 Å². The number of carbonyl (C=O) groups excluding carboxylic acids is 1. The molecule has 3 rings (SSSR count). The van der Waals surface area contributed by atoms with Crippen LogP contribution in [0.25, 0.3) is 0 Å². The van der Waals surface area contributed by atoms with Crippen molar-refractivity contribution in [2.45, 2.75) is 11.4 Å². The monoisotopic (exact) mass is 508 g/mol. The van der Waals surface area contributed by atoms with Gasteiger partial charge in [-0.2, -0.15) is 0 Å². The van der Waals surface area contributed by atoms with Gasteiger partial charge in [-0.25, -0.2) is 8.42 Å². The molecule has 33 heavy (non-hydrogen) atoms. The van der Waals surface area contributed by atoms with Gasteiger partial charge in [-0.3, -0.25) is 9.10 Å². The Morgan fingerprint density at radius 3 is 2.33 bits per heavy atom. The summed E-state index contributed by atoms with van der Waals surface area (Å²) < 4.78 is 38.6. The van der Waals surface area contributed by atoms with Gasteiger partial charge < -0.3 is 14.8 Å². The lowest BCUT2D eigenvalue weighted by atomic mass is 10.2. The molecular formula is C23H22Cl2N2O5S. The number of anilines is 1. The molecular weight excluding hydrogens is 487 g/mol. The molecule has 0 heterocycles. The maximum absolute atomic E-state index is 13.5. The van der Waals surface area contributed by atoms with Crippen LogP contribution in [0, 0.1) is 0 Å². The zero-order chi connectivity index (χ0) is 24.0. The quantitative estimate of drug-likeness (QED) is 0.459. The van der Waals surface area contributed by atoms with Gasteiger partial charge in [-0.05, 0) is 42.0 Å². The second kappa shape index (κ2) is 10.8. The molecule has 0 unspecified atom stereocenters. The number of methoxy groups -OCH3 is 2. The number of amides is 1. The molecule has 0 saturated carbocycles. The average Bonchev–Trinajstić information content (AvgIpc) is 2.82. The number of nitrogens with one attached hydrogen (secondary N) is 1. The molecule has 0 spiro atoms. The van der Waals surface area contributed by atoms with Gasteiger partial charge >= 0.3 is 0 Å². The Hall–Kier alpha value is -2.94. The van der Waals surface area contributed by atoms with E-state index in [0.717, 1.165) is 4.31 Å². The fourth-order valence-electron chi connectivity index (χ4n) is 3.06. The first-order valence-electron chi connectivity index (χ1n) is 9.76. The van der Waals surface area contributed by atoms with Gasteiger partial charge in [0.1, 0.15) is 18.0 Å². The molecule has 174 valence electrons. The molecule has 3 aromatic rings. The molecule has 0 bridgehead atoms. The molecule has 0 fully saturated rings. The van der Waals surface area contributed by atoms with Crippen molar-refractivity contribution in [3.63, 3.8) is 0 Å². The van der Waals surface area contributed by atoms with Crippen LogP contribution in [0.1, 0.15) is 5.56 Å². The van der Waals surface area contributed by atoms with Gasteiger partial charge in [0, 0.05) is 22.7 Å². The predicted octanol–water partition coefficient (Wildman–Crippen LogP) is 4.52. The molecule has 1 amide bonds. The maximum atomic E-state index is 13.5. The van der Waals surface area contributed by atoms with Gasteiger partial charge in [0.05, 0.1) is 24.8 Å². The zero-order valence-corrected chi connectivity index (χ0v) is 20.2. The van der Waals surface area contributed by atoms with Gasteiger partial charge in [0.2, 0.25) is 5.91 Å². The Bertz CT molecular complexity index is 1240. The fraction of sp³-hybridized carbons (Fsp3) is 0.174. The molecule has 7 nitrogen and oxygen atoms in total. The van der Waals surface area contributed by atoms with Crippen LogP contribution in [-0.4, -0.2) is 35.1 Å². The topological polar surface area (TPSA) is 84.9 Å². The van der Waals surface area contributed by atoms with Crippen molar-refractivity contribution in [2.75, 3.05) is 25.1 Å². The molecule has 0 aliphatic carbocycles. The van der Waals surface area contributed by atoms with Crippen molar-refractivity contribution < 1.29 is 22.7 Å². The van der Waals surface area contributed by atoms with Gasteiger partial charge in [-0.1, -0.05) is 47.5 Å². The summed E-state index contributed by atoms with van der Waals surface area (Å²) >= 11 is 12.1. The van der Waals surface area contributed by atoms with Gasteiger partial charge in [0.15, 0.2) is 0 Å². The minimum Gasteiger partial charge on any atom is -0.497 e. The van der Waals surface area contributed by atoms with E-state index >= 15 is 0 Å². The van der Waals surface area contributed by atoms with Crippen molar-refractivity contribution in [2.24, 2.45) is 0 Å². The molecule has 1 N–H and O–H groups in total. The summed E-state index contributed by atoms with van der Waals surface area (Å²) in [6.07, 6.45) is 0. The Kier molecular flexibility index (Phi) is 8.07. The van der Waals surface area contributed by atoms with Crippen LogP contribution in [0.4, 0.5) is 5.69 Å². The van der Waals surface area contributed by atoms with Crippen molar-refractivity contribution in [1.82, 2.24) is 5.32 Å². The highest BCUT2D eigenvalue weighted by atomic mass is 35.5. The minimum atomic E-state index is -4.11. The van der Waals surface area contributed by atoms with Gasteiger partial charge in [0.25, 0.3) is 10.0 Å². The van der Waals surface area contributed by atoms with E-state index in [1.807, 2.05) is 0 Å². The lowest BCUT2D eigenvalue weighted by Gasteiger charge is -2.26. The smallest absolute Gasteiger partial charge is 0.264 e. The Morgan fingerprint density at radius 2 is 1.70 bits per heavy atom. The standard InChI is InChI=1S/C23H22Cl2N2O5S/c1-31-18-10-11-22(32-2)21(13-18)27(33(29,30)19-6-4-3-5-7-19)15-23(28)26-14-16-8-9-17(24)12-20(16)25/h3-13H,14-15H2,1-2H3,(H,26,28). The van der Waals surface area contributed by atoms with Gasteiger partial charge in [-0.15, -0.1) is 0 Å². The fourth-order valence-corrected chi connectivity index (χ4v) is 4.98. The van der Waals surface area contributed by atoms with Crippen LogP contribution in [0.2, 0.25) is 10.0 Å². The van der Waals surface area contributed by atoms with E-state index in [0.29, 0.717) is 21.4 Å². The average molecular weight is 509 g/mol. The predicted molar refractivity (Wildman–Crippen MR) is 129 cm³/mol. The summed E-state index contributed by atoms with van der Waals surface area (Å²) in [6.45, 7) is -0.394. The summed E-state index contributed by atoms with van der Waals surface area (Å²) in [5.41, 5.74) is 0.811. The zero-order valence-electron chi connectivity index (χ0n) is 17.9. The molecule has 10 heteroatoms. The Balaban J connectivity index is 1.95. The third-order valence-electron chi connectivity index (χ3n) is 4.76. The molecule has 0 aliphatic heterocycles. The number of hydrogen-bond donors (Lipinski definition) is 1. The highest BCUT2D eigenvalue weighted by Gasteiger charge is 2.29. The first-order valence-corrected chi connectivity index (χ1v) is 12.0. The summed E-state index contributed by atoms with van der Waals surface area (Å²) in [7, 11) is -1.23. The number of ether oxygens (including phenoxy) is 2. The van der Waals surface area contributed by atoms with E-state index in [1.54, 1.807) is 48.5 Å². The Morgan fingerprint density at radius 1 is 0.970 bits per heavy atom. The maximum Gasteiger partial charge on any atom is 0.264 e. The SMILES string of the molecule is COc1ccc(OC)c(N(CC(=O)NCc2ccc(Cl)cc2Cl)S(=O)(=O)c2ccccc2)c1. The molecule has 0 atom stereocenters. The number of benzene rings is 3. The second-order valence-corrected chi connectivity index (χ2v) is 9.58. The number of hydrogen-bond acceptors (Lipinski definition) is 5. The van der Waals surface area contributed by atoms with E-state index in [4.69, 9.17) is 32.7 Å². The number of carbonyl (C=O) groups is 1. The summed E-state index contributed by atoms with van der Waals surface area (Å²) in [6, 6.07) is 17.5. The van der Waals surface area contributed by atoms with Crippen LogP contribution < -0.4 is 19.1 Å². The van der Waals surface area contributed by atoms with E-state index in [1.165, 1.54) is 32.4 Å². The number of rotatable bonds is 9. The summed E-state index contributed by atoms with van der Waals surface area (Å²) in [5.74, 6) is 0.140. The lowest BCUT2D eigenvalue weighted by Crippen LogP contribution is -2.40. The van der Waals surface area contributed by atoms with Crippen molar-refractivity contribution in [1.29, 1.82) is 0 Å². The van der Waals surface area contributed by atoms with Crippen molar-refractivity contribution >= 4 is 44.8 Å². The summed E-state index contributed by atoms with van der Waals surface area (Å²) in [5, 5.41) is 3.57. The highest BCUT2D eigenvalue weighted by molar-refractivity contribution is 7.92. The van der Waals surface area contributed by atoms with Crippen LogP contribution in [-0.2, 0) is 21.4 Å². The molecule has 0 aromatic heterocycles. The van der Waals surface area contributed by atoms with Crippen LogP contribution in [0.5, 0.6) is 11.5 Å². The third kappa shape index (κ3) is 5.90. The van der Waals surface area contributed by atoms with Crippen LogP contribution in [0.3, 0.4) is 0 Å². The van der Waals surface area contributed by atoms with Crippen LogP contribution >= 0.6 is 23.2 Å². The highest BCUT2D eigenvalue weighted by Crippen LogP contribution is 2.35. The molecule has 3 aromatic carbocycles. The number of nitrogens with zero attached hydrogens (tertiary/aromatic N) is 1. The first kappa shape index (κ1) is 24.7. The van der Waals surface area contributed by atoms with Crippen molar-refractivity contribution in [3.05, 3.63) is 82.3 Å². The number of halogens is 2. The molecule has 0 aliphatic rings. The number of sulfonamides is 1. The van der Waals surface area contributed by atoms with Crippen LogP contribution in [0.15, 0.2) is 71.6 Å². The first-order chi connectivity index (χ1) is 15.8. The third-order valence-corrected chi connectivity index (χ3v) is 7.13. The second-order valence-electron chi connectivity index (χ2n) is 6.87. The molecule has 0 saturated heterocycles. The van der Waals surface area contributed by atoms with E-state index in [9.17, 15) is 13.2 Å². The normalized spacial score (nSPS) is 11.0. The lowest BCUT2D eigenvalue weighted by molar-refractivity contribution is -0.119. The van der Waals surface area contributed by atoms with E-state index < -0.39 is 22.5 Å². The summed E-state index contributed by atoms with van der Waals surface area (Å²) in [4.78, 5) is 12.9. The Labute approximate surface area is 202 Å². The van der Waals surface area contributed by atoms with E-state index in [2.05, 4.69) is 5.32 Å². The largest absolute Gasteiger partial charge is 0.497 e. The van der Waals surface area contributed by atoms with E-state index in [-0.39, 0.29) is 22.9 Å². The minimum absolute atomic E-state index is 0.0309. The molecule has 0 radical (unpaired) electrons.